The number of aliphatic hydroxyl groups is 1. The predicted octanol–water partition coefficient (Wildman–Crippen LogP) is 5.74. The molecule has 1 saturated heterocycles. The summed E-state index contributed by atoms with van der Waals surface area (Å²) in [7, 11) is 0. The van der Waals surface area contributed by atoms with Crippen molar-refractivity contribution in [1.29, 1.82) is 0 Å². The number of aryl methyl sites for hydroxylation is 1. The summed E-state index contributed by atoms with van der Waals surface area (Å²) in [6.45, 7) is 8.07. The van der Waals surface area contributed by atoms with E-state index in [-0.39, 0.29) is 30.7 Å². The smallest absolute Gasteiger partial charge is 0.246 e. The number of nitrogens with one attached hydrogen (secondary N) is 2. The zero-order valence-corrected chi connectivity index (χ0v) is 27.9. The number of aliphatic hydroxyl groups excluding tert-OH is 1. The average Bonchev–Trinajstić information content (AvgIpc) is 3.56. The molecule has 1 aliphatic rings. The van der Waals surface area contributed by atoms with E-state index in [1.807, 2.05) is 57.5 Å². The number of unbranched alkanes of at least 4 members (excludes halogenated alkanes) is 6. The van der Waals surface area contributed by atoms with Gasteiger partial charge in [-0.1, -0.05) is 93.1 Å². The maximum Gasteiger partial charge on any atom is 0.246 e. The largest absolute Gasteiger partial charge is 0.391 e. The average molecular weight is 664 g/mol. The van der Waals surface area contributed by atoms with Crippen molar-refractivity contribution in [2.75, 3.05) is 11.9 Å². The van der Waals surface area contributed by atoms with Crippen LogP contribution in [0, 0.1) is 12.3 Å². The Morgan fingerprint density at radius 3 is 2.31 bits per heavy atom. The summed E-state index contributed by atoms with van der Waals surface area (Å²) >= 11 is 5.05. The number of carbonyl (C=O) groups is 3. The highest BCUT2D eigenvalue weighted by molar-refractivity contribution is 9.09. The molecule has 0 aliphatic carbocycles. The molecule has 3 atom stereocenters. The van der Waals surface area contributed by atoms with E-state index in [1.165, 1.54) is 30.6 Å². The van der Waals surface area contributed by atoms with Crippen LogP contribution in [0.4, 0.5) is 0 Å². The van der Waals surface area contributed by atoms with E-state index < -0.39 is 23.6 Å². The van der Waals surface area contributed by atoms with Gasteiger partial charge in [0.15, 0.2) is 0 Å². The molecule has 0 spiro atoms. The summed E-state index contributed by atoms with van der Waals surface area (Å²) in [6.07, 6.45) is 7.45. The number of β-amino-alcohol motifs (C(OH)–C–C–N with tert-alkyl or cyclic N) is 1. The zero-order valence-electron chi connectivity index (χ0n) is 25.5. The lowest BCUT2D eigenvalue weighted by molar-refractivity contribution is -0.144. The second-order valence-corrected chi connectivity index (χ2v) is 14.0. The van der Waals surface area contributed by atoms with Crippen LogP contribution in [0.2, 0.25) is 0 Å². The van der Waals surface area contributed by atoms with Gasteiger partial charge in [0.1, 0.15) is 12.1 Å². The molecule has 0 saturated carbocycles. The highest BCUT2D eigenvalue weighted by Crippen LogP contribution is 2.28. The van der Waals surface area contributed by atoms with Crippen molar-refractivity contribution in [3.8, 4) is 10.4 Å². The fourth-order valence-electron chi connectivity index (χ4n) is 5.28. The lowest BCUT2D eigenvalue weighted by Gasteiger charge is -2.35. The first-order valence-corrected chi connectivity index (χ1v) is 17.1. The molecule has 1 unspecified atom stereocenters. The molecule has 1 aromatic heterocycles. The van der Waals surface area contributed by atoms with E-state index in [9.17, 15) is 19.5 Å². The number of likely N-dealkylation sites (tertiary alicyclic amines) is 1. The SMILES string of the molecule is Cc1ncsc1-c1ccc(CNC(=O)[C@@H]2C[C@@H](O)CN2C(=O)C(NC(=O)CCCCCCCCCBr)C(C)(C)C)cc1. The van der Waals surface area contributed by atoms with Crippen LogP contribution in [0.5, 0.6) is 0 Å². The summed E-state index contributed by atoms with van der Waals surface area (Å²) in [5, 5.41) is 17.4. The number of hydrogen-bond acceptors (Lipinski definition) is 6. The van der Waals surface area contributed by atoms with Crippen molar-refractivity contribution in [1.82, 2.24) is 20.5 Å². The molecule has 3 rings (SSSR count). The number of rotatable bonds is 15. The Balaban J connectivity index is 1.54. The number of hydrogen-bond donors (Lipinski definition) is 3. The Kier molecular flexibility index (Phi) is 13.5. The molecule has 8 nitrogen and oxygen atoms in total. The third-order valence-corrected chi connectivity index (χ3v) is 9.29. The third-order valence-electron chi connectivity index (χ3n) is 7.75. The number of halogens is 1. The Morgan fingerprint density at radius 1 is 1.07 bits per heavy atom. The van der Waals surface area contributed by atoms with Gasteiger partial charge in [0.25, 0.3) is 0 Å². The molecule has 1 fully saturated rings. The van der Waals surface area contributed by atoms with Gasteiger partial charge < -0.3 is 20.6 Å². The van der Waals surface area contributed by atoms with Crippen LogP contribution in [-0.2, 0) is 20.9 Å². The maximum absolute atomic E-state index is 13.8. The quantitative estimate of drug-likeness (QED) is 0.166. The Bertz CT molecular complexity index is 1160. The molecule has 0 bridgehead atoms. The van der Waals surface area contributed by atoms with Crippen molar-refractivity contribution in [2.24, 2.45) is 5.41 Å². The van der Waals surface area contributed by atoms with Crippen LogP contribution >= 0.6 is 27.3 Å². The molecule has 1 aliphatic heterocycles. The molecule has 3 amide bonds. The van der Waals surface area contributed by atoms with E-state index in [2.05, 4.69) is 31.5 Å². The Labute approximate surface area is 263 Å². The summed E-state index contributed by atoms with van der Waals surface area (Å²) in [6, 6.07) is 6.38. The molecule has 10 heteroatoms. The highest BCUT2D eigenvalue weighted by Gasteiger charge is 2.44. The van der Waals surface area contributed by atoms with E-state index in [1.54, 1.807) is 11.3 Å². The second kappa shape index (κ2) is 16.5. The standard InChI is InChI=1S/C32H47BrN4O4S/c1-22-28(42-21-35-22)24-15-13-23(14-16-24)19-34-30(40)26-18-25(38)20-37(26)31(41)29(32(2,3)4)36-27(39)12-10-8-6-5-7-9-11-17-33/h13-16,21,25-26,29,38H,5-12,17-20H2,1-4H3,(H,34,40)(H,36,39)/t25-,26+,29?/m1/s1. The minimum absolute atomic E-state index is 0.0668. The van der Waals surface area contributed by atoms with Crippen molar-refractivity contribution in [3.05, 3.63) is 41.0 Å². The minimum atomic E-state index is -0.794. The normalized spacial score (nSPS) is 17.7. The first kappa shape index (κ1) is 34.2. The van der Waals surface area contributed by atoms with Crippen LogP contribution in [-0.4, -0.2) is 62.8 Å². The molecule has 0 radical (unpaired) electrons. The van der Waals surface area contributed by atoms with E-state index in [0.717, 1.165) is 46.3 Å². The van der Waals surface area contributed by atoms with Gasteiger partial charge in [-0.25, -0.2) is 4.98 Å². The van der Waals surface area contributed by atoms with Gasteiger partial charge in [0.2, 0.25) is 17.7 Å². The molecule has 1 aromatic carbocycles. The fraction of sp³-hybridized carbons (Fsp3) is 0.625. The number of carbonyl (C=O) groups excluding carboxylic acids is 3. The monoisotopic (exact) mass is 662 g/mol. The van der Waals surface area contributed by atoms with Crippen molar-refractivity contribution in [2.45, 2.75) is 110 Å². The van der Waals surface area contributed by atoms with Gasteiger partial charge in [-0.15, -0.1) is 11.3 Å². The maximum atomic E-state index is 13.8. The first-order chi connectivity index (χ1) is 20.0. The summed E-state index contributed by atoms with van der Waals surface area (Å²) in [5.74, 6) is -0.790. The van der Waals surface area contributed by atoms with Gasteiger partial charge in [-0.2, -0.15) is 0 Å². The molecule has 42 heavy (non-hydrogen) atoms. The second-order valence-electron chi connectivity index (χ2n) is 12.4. The number of alkyl halides is 1. The van der Waals surface area contributed by atoms with Crippen molar-refractivity contribution >= 4 is 45.0 Å². The lowest BCUT2D eigenvalue weighted by Crippen LogP contribution is -2.57. The Morgan fingerprint density at radius 2 is 1.71 bits per heavy atom. The van der Waals surface area contributed by atoms with Gasteiger partial charge in [0, 0.05) is 31.3 Å². The van der Waals surface area contributed by atoms with E-state index >= 15 is 0 Å². The summed E-state index contributed by atoms with van der Waals surface area (Å²) < 4.78 is 0. The Hall–Kier alpha value is -2.30. The molecule has 3 N–H and O–H groups in total. The minimum Gasteiger partial charge on any atom is -0.391 e. The number of nitrogens with zero attached hydrogens (tertiary/aromatic N) is 2. The van der Waals surface area contributed by atoms with Crippen molar-refractivity contribution in [3.63, 3.8) is 0 Å². The summed E-state index contributed by atoms with van der Waals surface area (Å²) in [5.41, 5.74) is 4.27. The van der Waals surface area contributed by atoms with E-state index in [0.29, 0.717) is 13.0 Å². The number of aromatic nitrogens is 1. The van der Waals surface area contributed by atoms with Crippen LogP contribution in [0.3, 0.4) is 0 Å². The topological polar surface area (TPSA) is 112 Å². The van der Waals surface area contributed by atoms with Gasteiger partial charge in [-0.05, 0) is 36.3 Å². The van der Waals surface area contributed by atoms with Gasteiger partial charge in [-0.3, -0.25) is 14.4 Å². The van der Waals surface area contributed by atoms with Gasteiger partial charge in [0.05, 0.1) is 22.2 Å². The zero-order chi connectivity index (χ0) is 30.7. The molecule has 232 valence electrons. The van der Waals surface area contributed by atoms with Crippen LogP contribution in [0.1, 0.15) is 89.8 Å². The summed E-state index contributed by atoms with van der Waals surface area (Å²) in [4.78, 5) is 46.7. The van der Waals surface area contributed by atoms with Gasteiger partial charge >= 0.3 is 0 Å². The number of amides is 3. The van der Waals surface area contributed by atoms with Crippen LogP contribution < -0.4 is 10.6 Å². The predicted molar refractivity (Wildman–Crippen MR) is 172 cm³/mol. The lowest BCUT2D eigenvalue weighted by atomic mass is 9.85. The van der Waals surface area contributed by atoms with E-state index in [4.69, 9.17) is 0 Å². The molecular formula is C32H47BrN4O4S. The highest BCUT2D eigenvalue weighted by atomic mass is 79.9. The molecular weight excluding hydrogens is 616 g/mol. The fourth-order valence-corrected chi connectivity index (χ4v) is 6.49. The molecule has 2 heterocycles. The van der Waals surface area contributed by atoms with Crippen molar-refractivity contribution < 1.29 is 19.5 Å². The number of thiazole rings is 1. The first-order valence-electron chi connectivity index (χ1n) is 15.1. The number of benzene rings is 1. The molecule has 2 aromatic rings. The third kappa shape index (κ3) is 10.2. The van der Waals surface area contributed by atoms with Crippen LogP contribution in [0.25, 0.3) is 10.4 Å². The van der Waals surface area contributed by atoms with Crippen LogP contribution in [0.15, 0.2) is 29.8 Å².